The number of hydrogen-bond donors (Lipinski definition) is 1. The van der Waals surface area contributed by atoms with Gasteiger partial charge in [-0.1, -0.05) is 37.3 Å². The van der Waals surface area contributed by atoms with Gasteiger partial charge >= 0.3 is 0 Å². The van der Waals surface area contributed by atoms with Crippen molar-refractivity contribution in [3.05, 3.63) is 58.3 Å². The molecule has 1 unspecified atom stereocenters. The maximum Gasteiger partial charge on any atom is 0.0323 e. The second kappa shape index (κ2) is 7.34. The van der Waals surface area contributed by atoms with Gasteiger partial charge in [-0.2, -0.15) is 11.3 Å². The molecule has 18 heavy (non-hydrogen) atoms. The van der Waals surface area contributed by atoms with Crippen LogP contribution in [-0.2, 0) is 6.42 Å². The van der Waals surface area contributed by atoms with Gasteiger partial charge in [-0.15, -0.1) is 0 Å². The Bertz CT molecular complexity index is 422. The summed E-state index contributed by atoms with van der Waals surface area (Å²) in [6, 6.07) is 13.5. The Morgan fingerprint density at radius 3 is 2.67 bits per heavy atom. The molecule has 0 spiro atoms. The van der Waals surface area contributed by atoms with E-state index >= 15 is 0 Å². The van der Waals surface area contributed by atoms with E-state index in [1.165, 1.54) is 24.0 Å². The molecule has 2 heteroatoms. The highest BCUT2D eigenvalue weighted by atomic mass is 32.1. The van der Waals surface area contributed by atoms with Crippen LogP contribution in [0, 0.1) is 0 Å². The third kappa shape index (κ3) is 3.97. The summed E-state index contributed by atoms with van der Waals surface area (Å²) < 4.78 is 0. The monoisotopic (exact) mass is 259 g/mol. The molecule has 2 rings (SSSR count). The van der Waals surface area contributed by atoms with Gasteiger partial charge in [0.1, 0.15) is 0 Å². The van der Waals surface area contributed by atoms with Crippen LogP contribution in [0.15, 0.2) is 47.2 Å². The lowest BCUT2D eigenvalue weighted by atomic mass is 10.00. The fourth-order valence-electron chi connectivity index (χ4n) is 2.14. The maximum absolute atomic E-state index is 3.65. The van der Waals surface area contributed by atoms with Crippen LogP contribution in [0.1, 0.15) is 36.9 Å². The van der Waals surface area contributed by atoms with E-state index in [0.29, 0.717) is 6.04 Å². The molecule has 0 saturated carbocycles. The Morgan fingerprint density at radius 2 is 2.00 bits per heavy atom. The van der Waals surface area contributed by atoms with Crippen molar-refractivity contribution in [2.45, 2.75) is 32.2 Å². The molecule has 0 radical (unpaired) electrons. The van der Waals surface area contributed by atoms with E-state index in [9.17, 15) is 0 Å². The summed E-state index contributed by atoms with van der Waals surface area (Å²) in [5.74, 6) is 0. The third-order valence-corrected chi connectivity index (χ3v) is 3.88. The van der Waals surface area contributed by atoms with Crippen molar-refractivity contribution in [1.29, 1.82) is 0 Å². The van der Waals surface area contributed by atoms with Crippen molar-refractivity contribution in [1.82, 2.24) is 5.32 Å². The highest BCUT2D eigenvalue weighted by molar-refractivity contribution is 7.07. The topological polar surface area (TPSA) is 12.0 Å². The molecule has 2 aromatic rings. The van der Waals surface area contributed by atoms with E-state index in [1.54, 1.807) is 11.3 Å². The minimum absolute atomic E-state index is 0.478. The Kier molecular flexibility index (Phi) is 5.43. The maximum atomic E-state index is 3.65. The van der Waals surface area contributed by atoms with Gasteiger partial charge in [0.2, 0.25) is 0 Å². The molecule has 0 aliphatic rings. The lowest BCUT2D eigenvalue weighted by Gasteiger charge is -2.18. The minimum Gasteiger partial charge on any atom is -0.310 e. The molecule has 1 aromatic heterocycles. The van der Waals surface area contributed by atoms with Crippen LogP contribution >= 0.6 is 11.3 Å². The molecule has 0 bridgehead atoms. The Balaban J connectivity index is 1.96. The minimum atomic E-state index is 0.478. The first-order valence-electron chi connectivity index (χ1n) is 6.69. The van der Waals surface area contributed by atoms with Crippen LogP contribution < -0.4 is 5.32 Å². The molecule has 0 saturated heterocycles. The fraction of sp³-hybridized carbons (Fsp3) is 0.375. The second-order valence-corrected chi connectivity index (χ2v) is 5.37. The van der Waals surface area contributed by atoms with Gasteiger partial charge in [-0.05, 0) is 53.8 Å². The van der Waals surface area contributed by atoms with Gasteiger partial charge < -0.3 is 5.32 Å². The van der Waals surface area contributed by atoms with Gasteiger partial charge in [0.05, 0.1) is 0 Å². The van der Waals surface area contributed by atoms with Crippen molar-refractivity contribution in [2.75, 3.05) is 6.54 Å². The van der Waals surface area contributed by atoms with Crippen LogP contribution in [-0.4, -0.2) is 6.54 Å². The van der Waals surface area contributed by atoms with Crippen LogP contribution in [0.25, 0.3) is 0 Å². The van der Waals surface area contributed by atoms with Crippen molar-refractivity contribution >= 4 is 11.3 Å². The summed E-state index contributed by atoms with van der Waals surface area (Å²) in [6.07, 6.45) is 3.50. The second-order valence-electron chi connectivity index (χ2n) is 4.59. The zero-order valence-electron chi connectivity index (χ0n) is 10.9. The first-order chi connectivity index (χ1) is 8.90. The smallest absolute Gasteiger partial charge is 0.0323 e. The summed E-state index contributed by atoms with van der Waals surface area (Å²) in [4.78, 5) is 0. The molecular formula is C16H21NS. The van der Waals surface area contributed by atoms with Crippen LogP contribution in [0.5, 0.6) is 0 Å². The lowest BCUT2D eigenvalue weighted by molar-refractivity contribution is 0.499. The van der Waals surface area contributed by atoms with Gasteiger partial charge in [0.15, 0.2) is 0 Å². The number of benzene rings is 1. The molecule has 1 heterocycles. The Labute approximate surface area is 114 Å². The van der Waals surface area contributed by atoms with Crippen LogP contribution in [0.2, 0.25) is 0 Å². The van der Waals surface area contributed by atoms with E-state index in [4.69, 9.17) is 0 Å². The lowest BCUT2D eigenvalue weighted by Crippen LogP contribution is -2.22. The number of aryl methyl sites for hydroxylation is 1. The average molecular weight is 259 g/mol. The van der Waals surface area contributed by atoms with Crippen molar-refractivity contribution < 1.29 is 0 Å². The number of nitrogens with one attached hydrogen (secondary N) is 1. The van der Waals surface area contributed by atoms with Gasteiger partial charge in [0.25, 0.3) is 0 Å². The molecule has 1 atom stereocenters. The highest BCUT2D eigenvalue weighted by Gasteiger charge is 2.10. The molecule has 0 aliphatic carbocycles. The third-order valence-electron chi connectivity index (χ3n) is 3.14. The fourth-order valence-corrected chi connectivity index (χ4v) is 2.84. The summed E-state index contributed by atoms with van der Waals surface area (Å²) in [5.41, 5.74) is 2.86. The van der Waals surface area contributed by atoms with Gasteiger partial charge in [-0.3, -0.25) is 0 Å². The molecule has 0 fully saturated rings. The number of hydrogen-bond acceptors (Lipinski definition) is 2. The summed E-state index contributed by atoms with van der Waals surface area (Å²) in [7, 11) is 0. The molecule has 1 nitrogen and oxygen atoms in total. The average Bonchev–Trinajstić information content (AvgIpc) is 2.93. The molecule has 1 N–H and O–H groups in total. The summed E-state index contributed by atoms with van der Waals surface area (Å²) in [6.45, 7) is 3.30. The van der Waals surface area contributed by atoms with Gasteiger partial charge in [-0.25, -0.2) is 0 Å². The molecule has 96 valence electrons. The summed E-state index contributed by atoms with van der Waals surface area (Å²) in [5, 5.41) is 8.06. The molecule has 0 amide bonds. The number of rotatable bonds is 7. The van der Waals surface area contributed by atoms with Crippen molar-refractivity contribution in [3.8, 4) is 0 Å². The first-order valence-corrected chi connectivity index (χ1v) is 7.64. The largest absolute Gasteiger partial charge is 0.310 e. The Morgan fingerprint density at radius 1 is 1.17 bits per heavy atom. The first kappa shape index (κ1) is 13.3. The molecule has 1 aromatic carbocycles. The van der Waals surface area contributed by atoms with Crippen molar-refractivity contribution in [3.63, 3.8) is 0 Å². The standard InChI is InChI=1S/C16H21NS/c1-2-11-17-16(15-6-4-3-5-7-15)9-8-14-10-12-18-13-14/h3-7,10,12-13,16-17H,2,8-9,11H2,1H3. The van der Waals surface area contributed by atoms with E-state index in [0.717, 1.165) is 13.0 Å². The summed E-state index contributed by atoms with van der Waals surface area (Å²) >= 11 is 1.78. The van der Waals surface area contributed by atoms with E-state index in [-0.39, 0.29) is 0 Å². The Hall–Kier alpha value is -1.12. The zero-order valence-corrected chi connectivity index (χ0v) is 11.7. The van der Waals surface area contributed by atoms with E-state index < -0.39 is 0 Å². The predicted molar refractivity (Wildman–Crippen MR) is 80.1 cm³/mol. The molecular weight excluding hydrogens is 238 g/mol. The SMILES string of the molecule is CCCNC(CCc1ccsc1)c1ccccc1. The van der Waals surface area contributed by atoms with E-state index in [1.807, 2.05) is 0 Å². The number of thiophene rings is 1. The molecule has 0 aliphatic heterocycles. The zero-order chi connectivity index (χ0) is 12.6. The normalized spacial score (nSPS) is 12.5. The predicted octanol–water partition coefficient (Wildman–Crippen LogP) is 4.42. The van der Waals surface area contributed by atoms with Crippen LogP contribution in [0.4, 0.5) is 0 Å². The van der Waals surface area contributed by atoms with Gasteiger partial charge in [0, 0.05) is 6.04 Å². The van der Waals surface area contributed by atoms with Crippen LogP contribution in [0.3, 0.4) is 0 Å². The highest BCUT2D eigenvalue weighted by Crippen LogP contribution is 2.20. The quantitative estimate of drug-likeness (QED) is 0.776. The van der Waals surface area contributed by atoms with E-state index in [2.05, 4.69) is 59.4 Å². The van der Waals surface area contributed by atoms with Crippen molar-refractivity contribution in [2.24, 2.45) is 0 Å².